The Morgan fingerprint density at radius 3 is 3.00 bits per heavy atom. The highest BCUT2D eigenvalue weighted by Crippen LogP contribution is 2.39. The van der Waals surface area contributed by atoms with Crippen molar-refractivity contribution < 1.29 is 0 Å². The van der Waals surface area contributed by atoms with Gasteiger partial charge in [-0.15, -0.1) is 10.2 Å². The first-order valence-electron chi connectivity index (χ1n) is 4.20. The Hall–Kier alpha value is -0.970. The van der Waals surface area contributed by atoms with Gasteiger partial charge in [0, 0.05) is 12.1 Å². The Morgan fingerprint density at radius 2 is 2.23 bits per heavy atom. The first kappa shape index (κ1) is 7.44. The Morgan fingerprint density at radius 1 is 1.38 bits per heavy atom. The van der Waals surface area contributed by atoms with Crippen molar-refractivity contribution in [1.29, 1.82) is 0 Å². The number of aromatic nitrogens is 4. The Balaban J connectivity index is 2.32. The van der Waals surface area contributed by atoms with Gasteiger partial charge in [-0.3, -0.25) is 4.40 Å². The molecule has 2 aromatic rings. The van der Waals surface area contributed by atoms with Gasteiger partial charge in [-0.05, 0) is 28.8 Å². The van der Waals surface area contributed by atoms with E-state index in [4.69, 9.17) is 0 Å². The summed E-state index contributed by atoms with van der Waals surface area (Å²) >= 11 is 3.39. The van der Waals surface area contributed by atoms with Crippen molar-refractivity contribution in [3.05, 3.63) is 22.8 Å². The lowest BCUT2D eigenvalue weighted by molar-refractivity contribution is 0.884. The average Bonchev–Trinajstić information content (AvgIpc) is 2.87. The van der Waals surface area contributed by atoms with E-state index in [1.54, 1.807) is 12.5 Å². The van der Waals surface area contributed by atoms with E-state index in [-0.39, 0.29) is 0 Å². The zero-order valence-corrected chi connectivity index (χ0v) is 8.40. The number of halogens is 1. The average molecular weight is 239 g/mol. The minimum absolute atomic E-state index is 0.603. The molecule has 13 heavy (non-hydrogen) atoms. The molecule has 0 N–H and O–H groups in total. The van der Waals surface area contributed by atoms with Gasteiger partial charge in [0.15, 0.2) is 5.65 Å². The van der Waals surface area contributed by atoms with Crippen LogP contribution in [0.2, 0.25) is 0 Å². The molecule has 0 spiro atoms. The van der Waals surface area contributed by atoms with Gasteiger partial charge in [0.2, 0.25) is 0 Å². The number of hydrogen-bond donors (Lipinski definition) is 0. The van der Waals surface area contributed by atoms with Crippen LogP contribution in [-0.4, -0.2) is 19.6 Å². The number of nitrogens with zero attached hydrogens (tertiary/aromatic N) is 4. The molecule has 2 heterocycles. The molecule has 0 atom stereocenters. The third-order valence-electron chi connectivity index (χ3n) is 2.25. The van der Waals surface area contributed by atoms with Crippen LogP contribution in [-0.2, 0) is 0 Å². The first-order chi connectivity index (χ1) is 6.36. The first-order valence-corrected chi connectivity index (χ1v) is 4.99. The second-order valence-electron chi connectivity index (χ2n) is 3.27. The van der Waals surface area contributed by atoms with E-state index in [2.05, 4.69) is 31.1 Å². The summed E-state index contributed by atoms with van der Waals surface area (Å²) in [5.74, 6) is 1.65. The van der Waals surface area contributed by atoms with Crippen LogP contribution in [0.1, 0.15) is 24.6 Å². The lowest BCUT2D eigenvalue weighted by atomic mass is 10.4. The smallest absolute Gasteiger partial charge is 0.177 e. The van der Waals surface area contributed by atoms with Crippen molar-refractivity contribution >= 4 is 21.6 Å². The van der Waals surface area contributed by atoms with Crippen LogP contribution in [0.5, 0.6) is 0 Å². The molecule has 0 saturated heterocycles. The van der Waals surface area contributed by atoms with E-state index in [0.29, 0.717) is 5.92 Å². The Labute approximate surface area is 83.1 Å². The highest BCUT2D eigenvalue weighted by Gasteiger charge is 2.28. The molecule has 0 radical (unpaired) electrons. The van der Waals surface area contributed by atoms with E-state index in [0.717, 1.165) is 15.9 Å². The van der Waals surface area contributed by atoms with E-state index < -0.39 is 0 Å². The monoisotopic (exact) mass is 238 g/mol. The minimum atomic E-state index is 0.603. The van der Waals surface area contributed by atoms with Gasteiger partial charge < -0.3 is 0 Å². The van der Waals surface area contributed by atoms with Crippen LogP contribution >= 0.6 is 15.9 Å². The van der Waals surface area contributed by atoms with Crippen molar-refractivity contribution in [2.45, 2.75) is 18.8 Å². The molecule has 4 nitrogen and oxygen atoms in total. The number of rotatable bonds is 1. The lowest BCUT2D eigenvalue weighted by Gasteiger charge is -1.96. The fourth-order valence-corrected chi connectivity index (χ4v) is 1.81. The molecule has 3 rings (SSSR count). The number of fused-ring (bicyclic) bond motifs is 1. The van der Waals surface area contributed by atoms with E-state index in [9.17, 15) is 0 Å². The molecule has 0 aliphatic heterocycles. The van der Waals surface area contributed by atoms with Crippen LogP contribution in [0.15, 0.2) is 17.0 Å². The topological polar surface area (TPSA) is 43.1 Å². The Kier molecular flexibility index (Phi) is 1.44. The molecule has 0 unspecified atom stereocenters. The molecule has 5 heteroatoms. The summed E-state index contributed by atoms with van der Waals surface area (Å²) in [6, 6.07) is 0. The van der Waals surface area contributed by atoms with Gasteiger partial charge in [0.1, 0.15) is 12.2 Å². The molecular weight excluding hydrogens is 232 g/mol. The van der Waals surface area contributed by atoms with Gasteiger partial charge in [0.25, 0.3) is 0 Å². The summed E-state index contributed by atoms with van der Waals surface area (Å²) in [4.78, 5) is 4.09. The van der Waals surface area contributed by atoms with Gasteiger partial charge >= 0.3 is 0 Å². The normalized spacial score (nSPS) is 16.7. The molecule has 0 aromatic carbocycles. The zero-order chi connectivity index (χ0) is 8.84. The summed E-state index contributed by atoms with van der Waals surface area (Å²) in [6.07, 6.45) is 5.97. The van der Waals surface area contributed by atoms with Gasteiger partial charge in [-0.2, -0.15) is 0 Å². The molecule has 1 aliphatic carbocycles. The van der Waals surface area contributed by atoms with Crippen LogP contribution in [0.3, 0.4) is 0 Å². The lowest BCUT2D eigenvalue weighted by Crippen LogP contribution is -1.93. The zero-order valence-electron chi connectivity index (χ0n) is 6.81. The molecule has 2 aromatic heterocycles. The molecular formula is C8H7BrN4. The van der Waals surface area contributed by atoms with Crippen LogP contribution in [0.25, 0.3) is 5.65 Å². The summed E-state index contributed by atoms with van der Waals surface area (Å²) in [5, 5.41) is 8.27. The summed E-state index contributed by atoms with van der Waals surface area (Å²) in [6.45, 7) is 0. The third kappa shape index (κ3) is 1.07. The molecule has 0 amide bonds. The molecule has 0 bridgehead atoms. The third-order valence-corrected chi connectivity index (χ3v) is 2.81. The largest absolute Gasteiger partial charge is 0.268 e. The van der Waals surface area contributed by atoms with Crippen molar-refractivity contribution in [3.63, 3.8) is 0 Å². The predicted molar refractivity (Wildman–Crippen MR) is 50.5 cm³/mol. The highest BCUT2D eigenvalue weighted by molar-refractivity contribution is 9.10. The minimum Gasteiger partial charge on any atom is -0.268 e. The number of hydrogen-bond acceptors (Lipinski definition) is 3. The molecule has 1 aliphatic rings. The maximum atomic E-state index is 4.16. The maximum absolute atomic E-state index is 4.16. The van der Waals surface area contributed by atoms with E-state index in [1.807, 2.05) is 4.40 Å². The van der Waals surface area contributed by atoms with Crippen molar-refractivity contribution in [2.24, 2.45) is 0 Å². The molecule has 66 valence electrons. The SMILES string of the molecule is Brc1cncn2c(C3CC3)nnc12. The fraction of sp³-hybridized carbons (Fsp3) is 0.375. The molecule has 1 fully saturated rings. The van der Waals surface area contributed by atoms with Crippen LogP contribution < -0.4 is 0 Å². The van der Waals surface area contributed by atoms with E-state index >= 15 is 0 Å². The van der Waals surface area contributed by atoms with Crippen LogP contribution in [0, 0.1) is 0 Å². The summed E-state index contributed by atoms with van der Waals surface area (Å²) < 4.78 is 2.86. The van der Waals surface area contributed by atoms with Crippen molar-refractivity contribution in [3.8, 4) is 0 Å². The standard InChI is InChI=1S/C8H7BrN4/c9-6-3-10-4-13-7(5-1-2-5)11-12-8(6)13/h3-5H,1-2H2. The second kappa shape index (κ2) is 2.51. The van der Waals surface area contributed by atoms with Gasteiger partial charge in [-0.25, -0.2) is 4.98 Å². The predicted octanol–water partition coefficient (Wildman–Crippen LogP) is 1.76. The van der Waals surface area contributed by atoms with Crippen molar-refractivity contribution in [1.82, 2.24) is 19.6 Å². The second-order valence-corrected chi connectivity index (χ2v) is 4.12. The summed E-state index contributed by atoms with van der Waals surface area (Å²) in [5.41, 5.74) is 0.858. The van der Waals surface area contributed by atoms with Gasteiger partial charge in [0.05, 0.1) is 4.47 Å². The van der Waals surface area contributed by atoms with Gasteiger partial charge in [-0.1, -0.05) is 0 Å². The quantitative estimate of drug-likeness (QED) is 0.761. The molecule has 1 saturated carbocycles. The van der Waals surface area contributed by atoms with Crippen LogP contribution in [0.4, 0.5) is 0 Å². The Bertz CT molecular complexity index is 460. The van der Waals surface area contributed by atoms with Crippen molar-refractivity contribution in [2.75, 3.05) is 0 Å². The highest BCUT2D eigenvalue weighted by atomic mass is 79.9. The van der Waals surface area contributed by atoms with E-state index in [1.165, 1.54) is 12.8 Å². The maximum Gasteiger partial charge on any atom is 0.177 e. The summed E-state index contributed by atoms with van der Waals surface area (Å²) in [7, 11) is 0. The fourth-order valence-electron chi connectivity index (χ4n) is 1.42.